The van der Waals surface area contributed by atoms with E-state index < -0.39 is 23.4 Å². The van der Waals surface area contributed by atoms with Crippen LogP contribution in [0.4, 0.5) is 13.2 Å². The van der Waals surface area contributed by atoms with Gasteiger partial charge in [0.2, 0.25) is 0 Å². The molecule has 1 unspecified atom stereocenters. The van der Waals surface area contributed by atoms with Gasteiger partial charge in [0.05, 0.1) is 40.4 Å². The number of H-pyrrole nitrogens is 1. The first kappa shape index (κ1) is 18.5. The summed E-state index contributed by atoms with van der Waals surface area (Å²) in [5, 5.41) is 29.2. The maximum absolute atomic E-state index is 13.6. The third-order valence-corrected chi connectivity index (χ3v) is 4.58. The fourth-order valence-corrected chi connectivity index (χ4v) is 3.35. The van der Waals surface area contributed by atoms with Crippen molar-refractivity contribution in [3.05, 3.63) is 52.0 Å². The zero-order valence-corrected chi connectivity index (χ0v) is 14.7. The van der Waals surface area contributed by atoms with Crippen LogP contribution in [0.25, 0.3) is 10.9 Å². The summed E-state index contributed by atoms with van der Waals surface area (Å²) in [5.74, 6) is -1.07. The first-order valence-electron chi connectivity index (χ1n) is 8.38. The van der Waals surface area contributed by atoms with Crippen molar-refractivity contribution >= 4 is 10.9 Å². The average molecular weight is 371 g/mol. The number of rotatable bonds is 3. The summed E-state index contributed by atoms with van der Waals surface area (Å²) in [6.07, 6.45) is -3.88. The molecule has 0 spiro atoms. The predicted octanol–water partition coefficient (Wildman–Crippen LogP) is 4.48. The Hall–Kier alpha value is -3.26. The minimum atomic E-state index is -4.72. The number of hydrogen-bond acceptors (Lipinski definition) is 4. The van der Waals surface area contributed by atoms with Gasteiger partial charge in [-0.05, 0) is 31.0 Å². The third kappa shape index (κ3) is 3.15. The summed E-state index contributed by atoms with van der Waals surface area (Å²) in [4.78, 5) is 0. The van der Waals surface area contributed by atoms with Crippen molar-refractivity contribution in [2.24, 2.45) is 0 Å². The minimum absolute atomic E-state index is 0.141. The van der Waals surface area contributed by atoms with Crippen LogP contribution in [0, 0.1) is 29.6 Å². The Morgan fingerprint density at radius 3 is 2.48 bits per heavy atom. The minimum Gasteiger partial charge on any atom is -0.353 e. The lowest BCUT2D eigenvalue weighted by Gasteiger charge is -2.29. The molecule has 0 fully saturated rings. The van der Waals surface area contributed by atoms with Gasteiger partial charge < -0.3 is 5.32 Å². The molecule has 0 radical (unpaired) electrons. The van der Waals surface area contributed by atoms with Gasteiger partial charge in [0.25, 0.3) is 0 Å². The molecule has 2 N–H and O–H groups in total. The molecule has 1 aliphatic heterocycles. The second-order valence-electron chi connectivity index (χ2n) is 6.32. The molecule has 138 valence electrons. The zero-order valence-electron chi connectivity index (χ0n) is 14.7. The fraction of sp³-hybridized carbons (Fsp3) is 0.316. The van der Waals surface area contributed by atoms with Crippen molar-refractivity contribution in [2.75, 3.05) is 0 Å². The van der Waals surface area contributed by atoms with E-state index in [0.29, 0.717) is 17.7 Å². The Bertz CT molecular complexity index is 1040. The molecule has 1 atom stereocenters. The van der Waals surface area contributed by atoms with Crippen LogP contribution in [0.2, 0.25) is 0 Å². The molecule has 27 heavy (non-hydrogen) atoms. The number of halogens is 3. The lowest BCUT2D eigenvalue weighted by molar-refractivity contribution is -0.0970. The molecular weight excluding hydrogens is 355 g/mol. The molecule has 0 aliphatic carbocycles. The zero-order chi connectivity index (χ0) is 19.8. The van der Waals surface area contributed by atoms with E-state index in [1.807, 2.05) is 13.0 Å². The number of nitrogens with one attached hydrogen (secondary N) is 2. The lowest BCUT2D eigenvalue weighted by atomic mass is 9.80. The summed E-state index contributed by atoms with van der Waals surface area (Å²) in [5.41, 5.74) is 0.635. The highest BCUT2D eigenvalue weighted by Gasteiger charge is 2.43. The van der Waals surface area contributed by atoms with Crippen molar-refractivity contribution in [1.29, 1.82) is 10.5 Å². The lowest BCUT2D eigenvalue weighted by Crippen LogP contribution is -2.34. The molecule has 0 saturated heterocycles. The number of benzene rings is 1. The summed E-state index contributed by atoms with van der Waals surface area (Å²) >= 11 is 0. The van der Waals surface area contributed by atoms with Crippen LogP contribution in [0.3, 0.4) is 0 Å². The van der Waals surface area contributed by atoms with Crippen molar-refractivity contribution < 1.29 is 13.2 Å². The standard InChI is InChI=1S/C19H16F3N5/c1-3-4-15-13(8-23)17(14(9-24)18(25-15)19(20,21)22)11-5-6-16-12(7-11)10(2)26-27-16/h5-7,17,25H,3-4H2,1-2H3,(H,26,27). The highest BCUT2D eigenvalue weighted by molar-refractivity contribution is 5.82. The van der Waals surface area contributed by atoms with Crippen LogP contribution in [-0.4, -0.2) is 16.4 Å². The van der Waals surface area contributed by atoms with E-state index in [2.05, 4.69) is 15.5 Å². The number of nitriles is 2. The molecule has 5 nitrogen and oxygen atoms in total. The number of allylic oxidation sites excluding steroid dienone is 4. The molecule has 0 saturated carbocycles. The van der Waals surface area contributed by atoms with Gasteiger partial charge in [-0.25, -0.2) is 0 Å². The molecule has 1 aromatic carbocycles. The van der Waals surface area contributed by atoms with Crippen LogP contribution in [-0.2, 0) is 0 Å². The first-order valence-corrected chi connectivity index (χ1v) is 8.38. The Morgan fingerprint density at radius 1 is 1.19 bits per heavy atom. The number of aryl methyl sites for hydroxylation is 1. The molecule has 8 heteroatoms. The molecule has 0 bridgehead atoms. The van der Waals surface area contributed by atoms with Gasteiger partial charge in [-0.15, -0.1) is 0 Å². The second-order valence-corrected chi connectivity index (χ2v) is 6.32. The number of hydrogen-bond donors (Lipinski definition) is 2. The van der Waals surface area contributed by atoms with E-state index in [9.17, 15) is 23.7 Å². The molecule has 2 heterocycles. The Kier molecular flexibility index (Phi) is 4.67. The largest absolute Gasteiger partial charge is 0.432 e. The predicted molar refractivity (Wildman–Crippen MR) is 92.9 cm³/mol. The number of dihydropyridines is 1. The van der Waals surface area contributed by atoms with E-state index in [1.54, 1.807) is 31.2 Å². The van der Waals surface area contributed by atoms with E-state index in [1.165, 1.54) is 0 Å². The van der Waals surface area contributed by atoms with Gasteiger partial charge >= 0.3 is 6.18 Å². The van der Waals surface area contributed by atoms with Crippen LogP contribution < -0.4 is 5.32 Å². The van der Waals surface area contributed by atoms with Gasteiger partial charge in [0.15, 0.2) is 0 Å². The van der Waals surface area contributed by atoms with E-state index in [4.69, 9.17) is 0 Å². The SMILES string of the molecule is CCCC1=C(C#N)C(c2ccc3[nH]nc(C)c3c2)C(C#N)=C(C(F)(F)F)N1. The molecular formula is C19H16F3N5. The molecule has 1 aliphatic rings. The maximum atomic E-state index is 13.6. The molecule has 3 rings (SSSR count). The third-order valence-electron chi connectivity index (χ3n) is 4.58. The highest BCUT2D eigenvalue weighted by Crippen LogP contribution is 2.43. The van der Waals surface area contributed by atoms with Crippen LogP contribution >= 0.6 is 0 Å². The van der Waals surface area contributed by atoms with Gasteiger partial charge in [0.1, 0.15) is 5.70 Å². The van der Waals surface area contributed by atoms with Crippen molar-refractivity contribution in [1.82, 2.24) is 15.5 Å². The second kappa shape index (κ2) is 6.81. The Labute approximate surface area is 153 Å². The van der Waals surface area contributed by atoms with E-state index >= 15 is 0 Å². The van der Waals surface area contributed by atoms with E-state index in [-0.39, 0.29) is 17.7 Å². The van der Waals surface area contributed by atoms with Crippen LogP contribution in [0.15, 0.2) is 40.7 Å². The van der Waals surface area contributed by atoms with Gasteiger partial charge in [-0.1, -0.05) is 19.4 Å². The number of aromatic nitrogens is 2. The number of alkyl halides is 3. The summed E-state index contributed by atoms with van der Waals surface area (Å²) < 4.78 is 40.8. The highest BCUT2D eigenvalue weighted by atomic mass is 19.4. The van der Waals surface area contributed by atoms with Crippen LogP contribution in [0.5, 0.6) is 0 Å². The van der Waals surface area contributed by atoms with Gasteiger partial charge in [0, 0.05) is 11.1 Å². The average Bonchev–Trinajstić information content (AvgIpc) is 3.00. The molecule has 2 aromatic rings. The van der Waals surface area contributed by atoms with Gasteiger partial charge in [-0.3, -0.25) is 5.10 Å². The topological polar surface area (TPSA) is 88.3 Å². The molecule has 0 amide bonds. The number of nitrogens with zero attached hydrogens (tertiary/aromatic N) is 3. The summed E-state index contributed by atoms with van der Waals surface area (Å²) in [6, 6.07) is 8.72. The smallest absolute Gasteiger partial charge is 0.353 e. The normalized spacial score (nSPS) is 17.7. The van der Waals surface area contributed by atoms with Crippen LogP contribution in [0.1, 0.15) is 36.9 Å². The fourth-order valence-electron chi connectivity index (χ4n) is 3.35. The first-order chi connectivity index (χ1) is 12.8. The van der Waals surface area contributed by atoms with Crippen molar-refractivity contribution in [3.63, 3.8) is 0 Å². The van der Waals surface area contributed by atoms with Crippen molar-refractivity contribution in [2.45, 2.75) is 38.8 Å². The Morgan fingerprint density at radius 2 is 1.89 bits per heavy atom. The quantitative estimate of drug-likeness (QED) is 0.833. The maximum Gasteiger partial charge on any atom is 0.432 e. The van der Waals surface area contributed by atoms with Crippen molar-refractivity contribution in [3.8, 4) is 12.1 Å². The number of aromatic amines is 1. The summed E-state index contributed by atoms with van der Waals surface area (Å²) in [7, 11) is 0. The monoisotopic (exact) mass is 371 g/mol. The number of fused-ring (bicyclic) bond motifs is 1. The van der Waals surface area contributed by atoms with E-state index in [0.717, 1.165) is 10.9 Å². The molecule has 1 aromatic heterocycles. The van der Waals surface area contributed by atoms with Gasteiger partial charge in [-0.2, -0.15) is 28.8 Å². The Balaban J connectivity index is 2.29. The summed E-state index contributed by atoms with van der Waals surface area (Å²) in [6.45, 7) is 3.59.